The Balaban J connectivity index is 1.82. The lowest BCUT2D eigenvalue weighted by atomic mass is 10.2. The second-order valence-corrected chi connectivity index (χ2v) is 7.19. The van der Waals surface area contributed by atoms with Crippen molar-refractivity contribution in [3.63, 3.8) is 0 Å². The first kappa shape index (κ1) is 17.3. The molecule has 2 N–H and O–H groups in total. The van der Waals surface area contributed by atoms with Gasteiger partial charge >= 0.3 is 0 Å². The van der Waals surface area contributed by atoms with E-state index >= 15 is 0 Å². The van der Waals surface area contributed by atoms with Crippen molar-refractivity contribution >= 4 is 27.0 Å². The number of benzene rings is 1. The van der Waals surface area contributed by atoms with E-state index in [1.54, 1.807) is 31.5 Å². The maximum atomic E-state index is 12.1. The topological polar surface area (TPSA) is 102 Å². The molecule has 3 rings (SSSR count). The molecule has 0 saturated carbocycles. The number of nitrogens with one attached hydrogen (secondary N) is 2. The number of aromatic nitrogens is 4. The van der Waals surface area contributed by atoms with Crippen molar-refractivity contribution in [2.45, 2.75) is 31.8 Å². The van der Waals surface area contributed by atoms with Crippen LogP contribution in [0.4, 0.5) is 5.82 Å². The molecule has 0 aliphatic heterocycles. The van der Waals surface area contributed by atoms with Gasteiger partial charge in [-0.05, 0) is 24.6 Å². The fraction of sp³-hybridized carbons (Fsp3) is 0.312. The van der Waals surface area contributed by atoms with E-state index in [9.17, 15) is 8.42 Å². The summed E-state index contributed by atoms with van der Waals surface area (Å²) in [5, 5.41) is 3.21. The minimum absolute atomic E-state index is 0.247. The Morgan fingerprint density at radius 3 is 2.76 bits per heavy atom. The van der Waals surface area contributed by atoms with Gasteiger partial charge in [0.2, 0.25) is 10.0 Å². The molecule has 0 bridgehead atoms. The Labute approximate surface area is 146 Å². The van der Waals surface area contributed by atoms with Crippen LogP contribution in [-0.4, -0.2) is 34.5 Å². The second kappa shape index (κ2) is 7.16. The van der Waals surface area contributed by atoms with Crippen LogP contribution in [0.1, 0.15) is 19.4 Å². The first-order chi connectivity index (χ1) is 12.0. The zero-order valence-corrected chi connectivity index (χ0v) is 14.9. The van der Waals surface area contributed by atoms with E-state index in [1.807, 2.05) is 17.6 Å². The van der Waals surface area contributed by atoms with Gasteiger partial charge in [0.05, 0.1) is 11.2 Å². The summed E-state index contributed by atoms with van der Waals surface area (Å²) in [4.78, 5) is 13.1. The van der Waals surface area contributed by atoms with Crippen LogP contribution in [0.25, 0.3) is 11.2 Å². The predicted octanol–water partition coefficient (Wildman–Crippen LogP) is 1.76. The van der Waals surface area contributed by atoms with E-state index in [0.717, 1.165) is 17.8 Å². The van der Waals surface area contributed by atoms with E-state index in [2.05, 4.69) is 25.0 Å². The number of anilines is 1. The SMILES string of the molecule is CCNS(=O)(=O)c1cccc(CNc2ncnc3c2ncn3CC)c1. The number of fused-ring (bicyclic) bond motifs is 1. The van der Waals surface area contributed by atoms with E-state index in [0.29, 0.717) is 24.4 Å². The third-order valence-corrected chi connectivity index (χ3v) is 5.29. The summed E-state index contributed by atoms with van der Waals surface area (Å²) in [7, 11) is -3.47. The summed E-state index contributed by atoms with van der Waals surface area (Å²) < 4.78 is 28.6. The maximum absolute atomic E-state index is 12.1. The zero-order chi connectivity index (χ0) is 17.9. The number of nitrogens with zero attached hydrogens (tertiary/aromatic N) is 4. The highest BCUT2D eigenvalue weighted by atomic mass is 32.2. The lowest BCUT2D eigenvalue weighted by Gasteiger charge is -2.09. The highest BCUT2D eigenvalue weighted by Gasteiger charge is 2.13. The molecule has 0 aliphatic carbocycles. The molecule has 2 aromatic heterocycles. The Morgan fingerprint density at radius 2 is 2.00 bits per heavy atom. The molecule has 0 amide bonds. The molecular formula is C16H20N6O2S. The van der Waals surface area contributed by atoms with E-state index in [4.69, 9.17) is 0 Å². The number of rotatable bonds is 7. The molecule has 3 aromatic rings. The Kier molecular flexibility index (Phi) is 4.95. The van der Waals surface area contributed by atoms with Crippen LogP contribution in [0.15, 0.2) is 41.8 Å². The smallest absolute Gasteiger partial charge is 0.240 e. The molecular weight excluding hydrogens is 340 g/mol. The van der Waals surface area contributed by atoms with Gasteiger partial charge in [-0.25, -0.2) is 28.1 Å². The average Bonchev–Trinajstić information content (AvgIpc) is 3.04. The molecule has 1 aromatic carbocycles. The minimum atomic E-state index is -3.47. The summed E-state index contributed by atoms with van der Waals surface area (Å²) in [6.45, 7) is 5.33. The lowest BCUT2D eigenvalue weighted by molar-refractivity contribution is 0.584. The summed E-state index contributed by atoms with van der Waals surface area (Å²) in [5.74, 6) is 0.622. The van der Waals surface area contributed by atoms with Crippen molar-refractivity contribution in [3.05, 3.63) is 42.5 Å². The van der Waals surface area contributed by atoms with Gasteiger partial charge in [-0.1, -0.05) is 19.1 Å². The number of sulfonamides is 1. The highest BCUT2D eigenvalue weighted by Crippen LogP contribution is 2.19. The van der Waals surface area contributed by atoms with Crippen LogP contribution >= 0.6 is 0 Å². The Hall–Kier alpha value is -2.52. The second-order valence-electron chi connectivity index (χ2n) is 5.43. The first-order valence-corrected chi connectivity index (χ1v) is 9.51. The van der Waals surface area contributed by atoms with Crippen LogP contribution in [0.5, 0.6) is 0 Å². The van der Waals surface area contributed by atoms with Gasteiger partial charge in [0.15, 0.2) is 11.5 Å². The number of aryl methyl sites for hydroxylation is 1. The van der Waals surface area contributed by atoms with Crippen LogP contribution in [-0.2, 0) is 23.1 Å². The van der Waals surface area contributed by atoms with Gasteiger partial charge in [0.25, 0.3) is 0 Å². The molecule has 0 radical (unpaired) electrons. The number of imidazole rings is 1. The van der Waals surface area contributed by atoms with Crippen molar-refractivity contribution in [2.75, 3.05) is 11.9 Å². The van der Waals surface area contributed by atoms with Crippen molar-refractivity contribution < 1.29 is 8.42 Å². The largest absolute Gasteiger partial charge is 0.364 e. The zero-order valence-electron chi connectivity index (χ0n) is 14.1. The van der Waals surface area contributed by atoms with Crippen molar-refractivity contribution in [1.82, 2.24) is 24.2 Å². The molecule has 2 heterocycles. The molecule has 25 heavy (non-hydrogen) atoms. The molecule has 0 fully saturated rings. The average molecular weight is 360 g/mol. The third-order valence-electron chi connectivity index (χ3n) is 3.74. The van der Waals surface area contributed by atoms with Gasteiger partial charge in [-0.2, -0.15) is 0 Å². The summed E-state index contributed by atoms with van der Waals surface area (Å²) >= 11 is 0. The van der Waals surface area contributed by atoms with Crippen molar-refractivity contribution in [3.8, 4) is 0 Å². The van der Waals surface area contributed by atoms with Gasteiger partial charge in [0, 0.05) is 19.6 Å². The van der Waals surface area contributed by atoms with Gasteiger partial charge in [-0.15, -0.1) is 0 Å². The number of hydrogen-bond donors (Lipinski definition) is 2. The van der Waals surface area contributed by atoms with Gasteiger partial charge < -0.3 is 9.88 Å². The third kappa shape index (κ3) is 3.62. The summed E-state index contributed by atoms with van der Waals surface area (Å²) in [5.41, 5.74) is 2.30. The van der Waals surface area contributed by atoms with E-state index in [-0.39, 0.29) is 4.90 Å². The first-order valence-electron chi connectivity index (χ1n) is 8.03. The van der Waals surface area contributed by atoms with Gasteiger partial charge in [0.1, 0.15) is 11.8 Å². The lowest BCUT2D eigenvalue weighted by Crippen LogP contribution is -2.23. The van der Waals surface area contributed by atoms with Gasteiger partial charge in [-0.3, -0.25) is 0 Å². The van der Waals surface area contributed by atoms with Crippen LogP contribution in [0.3, 0.4) is 0 Å². The van der Waals surface area contributed by atoms with E-state index in [1.165, 1.54) is 6.33 Å². The van der Waals surface area contributed by atoms with Crippen LogP contribution < -0.4 is 10.0 Å². The Bertz CT molecular complexity index is 983. The fourth-order valence-corrected chi connectivity index (χ4v) is 3.63. The van der Waals surface area contributed by atoms with Crippen LogP contribution in [0, 0.1) is 0 Å². The highest BCUT2D eigenvalue weighted by molar-refractivity contribution is 7.89. The molecule has 0 atom stereocenters. The van der Waals surface area contributed by atoms with Crippen molar-refractivity contribution in [1.29, 1.82) is 0 Å². The molecule has 0 unspecified atom stereocenters. The molecule has 132 valence electrons. The standard InChI is InChI=1S/C16H20N6O2S/c1-3-21-25(23,24)13-7-5-6-12(8-13)9-17-15-14-16(19-10-18-15)22(4-2)11-20-14/h5-8,10-11,21H,3-4,9H2,1-2H3,(H,17,18,19). The molecule has 9 heteroatoms. The van der Waals surface area contributed by atoms with E-state index < -0.39 is 10.0 Å². The summed E-state index contributed by atoms with van der Waals surface area (Å²) in [6.07, 6.45) is 3.22. The monoisotopic (exact) mass is 360 g/mol. The number of hydrogen-bond acceptors (Lipinski definition) is 6. The Morgan fingerprint density at radius 1 is 1.16 bits per heavy atom. The predicted molar refractivity (Wildman–Crippen MR) is 95.6 cm³/mol. The minimum Gasteiger partial charge on any atom is -0.364 e. The maximum Gasteiger partial charge on any atom is 0.240 e. The molecule has 8 nitrogen and oxygen atoms in total. The molecule has 0 aliphatic rings. The normalized spacial score (nSPS) is 11.8. The quantitative estimate of drug-likeness (QED) is 0.666. The molecule has 0 saturated heterocycles. The fourth-order valence-electron chi connectivity index (χ4n) is 2.52. The molecule has 0 spiro atoms. The van der Waals surface area contributed by atoms with Crippen LogP contribution in [0.2, 0.25) is 0 Å². The van der Waals surface area contributed by atoms with Crippen molar-refractivity contribution in [2.24, 2.45) is 0 Å². The summed E-state index contributed by atoms with van der Waals surface area (Å²) in [6, 6.07) is 6.81.